The van der Waals surface area contributed by atoms with Crippen molar-refractivity contribution in [2.75, 3.05) is 0 Å². The number of rotatable bonds is 1. The molecule has 1 atom stereocenters. The van der Waals surface area contributed by atoms with E-state index in [2.05, 4.69) is 0 Å². The van der Waals surface area contributed by atoms with E-state index < -0.39 is 0 Å². The van der Waals surface area contributed by atoms with Crippen molar-refractivity contribution < 1.29 is 9.59 Å². The predicted molar refractivity (Wildman–Crippen MR) is 75.0 cm³/mol. The number of Topliss-reactive ketones (excluding diaryl/α,β-unsaturated/α-hetero) is 1. The minimum Gasteiger partial charge on any atom is -0.330 e. The Labute approximate surface area is 118 Å². The molecule has 3 nitrogen and oxygen atoms in total. The Morgan fingerprint density at radius 1 is 1.16 bits per heavy atom. The van der Waals surface area contributed by atoms with Gasteiger partial charge in [-0.3, -0.25) is 9.59 Å². The van der Waals surface area contributed by atoms with Crippen LogP contribution in [0.2, 0.25) is 5.02 Å². The lowest BCUT2D eigenvalue weighted by atomic mass is 9.89. The summed E-state index contributed by atoms with van der Waals surface area (Å²) in [6.45, 7) is 5.97. The van der Waals surface area contributed by atoms with E-state index in [1.165, 1.54) is 0 Å². The molecule has 0 radical (unpaired) electrons. The van der Waals surface area contributed by atoms with E-state index in [-0.39, 0.29) is 29.7 Å². The number of hydrogen-bond donors (Lipinski definition) is 0. The first-order chi connectivity index (χ1) is 8.79. The fraction of sp³-hybridized carbons (Fsp3) is 0.467. The number of likely N-dealkylation sites (tertiary alicyclic amines) is 1. The molecule has 1 fully saturated rings. The third-order valence-corrected chi connectivity index (χ3v) is 3.58. The molecule has 4 heteroatoms. The average molecular weight is 280 g/mol. The molecule has 1 aromatic carbocycles. The van der Waals surface area contributed by atoms with Crippen LogP contribution in [0.5, 0.6) is 0 Å². The number of ketones is 1. The molecule has 1 aliphatic heterocycles. The Balaban J connectivity index is 2.40. The Hall–Kier alpha value is -1.35. The van der Waals surface area contributed by atoms with Gasteiger partial charge >= 0.3 is 0 Å². The maximum atomic E-state index is 12.2. The second-order valence-electron chi connectivity index (χ2n) is 5.92. The van der Waals surface area contributed by atoms with Gasteiger partial charge in [-0.05, 0) is 38.5 Å². The van der Waals surface area contributed by atoms with Crippen LogP contribution in [-0.4, -0.2) is 22.1 Å². The quantitative estimate of drug-likeness (QED) is 0.739. The van der Waals surface area contributed by atoms with Gasteiger partial charge in [-0.2, -0.15) is 0 Å². The van der Waals surface area contributed by atoms with E-state index in [1.54, 1.807) is 12.1 Å². The van der Waals surface area contributed by atoms with Gasteiger partial charge in [0.2, 0.25) is 5.91 Å². The Bertz CT molecular complexity index is 502. The van der Waals surface area contributed by atoms with Crippen LogP contribution in [0.15, 0.2) is 24.3 Å². The van der Waals surface area contributed by atoms with Gasteiger partial charge in [-0.25, -0.2) is 0 Å². The molecule has 0 bridgehead atoms. The Kier molecular flexibility index (Phi) is 3.68. The highest BCUT2D eigenvalue weighted by atomic mass is 35.5. The minimum absolute atomic E-state index is 0.00505. The van der Waals surface area contributed by atoms with Crippen molar-refractivity contribution in [1.29, 1.82) is 0 Å². The van der Waals surface area contributed by atoms with Crippen LogP contribution in [0.4, 0.5) is 0 Å². The normalized spacial score (nSPS) is 20.8. The lowest BCUT2D eigenvalue weighted by molar-refractivity contribution is -0.148. The van der Waals surface area contributed by atoms with Crippen molar-refractivity contribution in [2.45, 2.75) is 45.2 Å². The summed E-state index contributed by atoms with van der Waals surface area (Å²) in [4.78, 5) is 25.7. The number of carbonyl (C=O) groups is 2. The summed E-state index contributed by atoms with van der Waals surface area (Å²) in [5.41, 5.74) is 0.656. The molecule has 1 saturated heterocycles. The number of carbonyl (C=O) groups excluding carboxylic acids is 2. The smallest absolute Gasteiger partial charge is 0.230 e. The monoisotopic (exact) mass is 279 g/mol. The summed E-state index contributed by atoms with van der Waals surface area (Å²) >= 11 is 5.89. The van der Waals surface area contributed by atoms with Gasteiger partial charge in [0.25, 0.3) is 0 Å². The standard InChI is InChI=1S/C15H18ClNO2/c1-15(2,3)17-13(8-12(18)9-14(17)19)10-4-6-11(16)7-5-10/h4-7,13H,8-9H2,1-3H3/t13-/m0/s1. The van der Waals surface area contributed by atoms with E-state index in [1.807, 2.05) is 37.8 Å². The molecule has 2 rings (SSSR count). The molecular formula is C15H18ClNO2. The van der Waals surface area contributed by atoms with Crippen molar-refractivity contribution >= 4 is 23.3 Å². The van der Waals surface area contributed by atoms with Crippen LogP contribution in [-0.2, 0) is 9.59 Å². The largest absolute Gasteiger partial charge is 0.330 e. The van der Waals surface area contributed by atoms with Crippen molar-refractivity contribution in [2.24, 2.45) is 0 Å². The second-order valence-corrected chi connectivity index (χ2v) is 6.36. The maximum absolute atomic E-state index is 12.2. The predicted octanol–water partition coefficient (Wildman–Crippen LogP) is 3.37. The summed E-state index contributed by atoms with van der Waals surface area (Å²) in [6, 6.07) is 7.17. The first kappa shape index (κ1) is 14.1. The zero-order valence-corrected chi connectivity index (χ0v) is 12.2. The zero-order valence-electron chi connectivity index (χ0n) is 11.4. The number of hydrogen-bond acceptors (Lipinski definition) is 2. The Morgan fingerprint density at radius 2 is 1.74 bits per heavy atom. The van der Waals surface area contributed by atoms with E-state index in [4.69, 9.17) is 11.6 Å². The van der Waals surface area contributed by atoms with E-state index in [9.17, 15) is 9.59 Å². The van der Waals surface area contributed by atoms with Gasteiger partial charge in [-0.1, -0.05) is 23.7 Å². The summed E-state index contributed by atoms with van der Waals surface area (Å²) < 4.78 is 0. The molecular weight excluding hydrogens is 262 g/mol. The van der Waals surface area contributed by atoms with Crippen molar-refractivity contribution in [3.63, 3.8) is 0 Å². The van der Waals surface area contributed by atoms with Crippen LogP contribution >= 0.6 is 11.6 Å². The van der Waals surface area contributed by atoms with Crippen molar-refractivity contribution in [3.8, 4) is 0 Å². The molecule has 1 heterocycles. The topological polar surface area (TPSA) is 37.4 Å². The molecule has 1 aliphatic rings. The van der Waals surface area contributed by atoms with Gasteiger partial charge in [0.1, 0.15) is 5.78 Å². The fourth-order valence-corrected chi connectivity index (χ4v) is 2.73. The minimum atomic E-state index is -0.303. The number of halogens is 1. The van der Waals surface area contributed by atoms with Crippen molar-refractivity contribution in [1.82, 2.24) is 4.90 Å². The average Bonchev–Trinajstić information content (AvgIpc) is 2.26. The van der Waals surface area contributed by atoms with Crippen LogP contribution < -0.4 is 0 Å². The first-order valence-electron chi connectivity index (χ1n) is 6.38. The van der Waals surface area contributed by atoms with Crippen LogP contribution in [0.25, 0.3) is 0 Å². The van der Waals surface area contributed by atoms with Crippen molar-refractivity contribution in [3.05, 3.63) is 34.9 Å². The van der Waals surface area contributed by atoms with Gasteiger partial charge in [0, 0.05) is 17.0 Å². The van der Waals surface area contributed by atoms with Gasteiger partial charge in [0.05, 0.1) is 12.5 Å². The van der Waals surface area contributed by atoms with Gasteiger partial charge in [0.15, 0.2) is 0 Å². The number of amides is 1. The summed E-state index contributed by atoms with van der Waals surface area (Å²) in [5.74, 6) is -0.0887. The molecule has 0 unspecified atom stereocenters. The molecule has 0 aromatic heterocycles. The third-order valence-electron chi connectivity index (χ3n) is 3.33. The van der Waals surface area contributed by atoms with Crippen LogP contribution in [0.1, 0.15) is 45.2 Å². The third kappa shape index (κ3) is 2.98. The lowest BCUT2D eigenvalue weighted by Crippen LogP contribution is -2.51. The SMILES string of the molecule is CC(C)(C)N1C(=O)CC(=O)C[C@H]1c1ccc(Cl)cc1. The number of piperidine rings is 1. The van der Waals surface area contributed by atoms with E-state index in [0.717, 1.165) is 5.56 Å². The van der Waals surface area contributed by atoms with Crippen LogP contribution in [0, 0.1) is 0 Å². The van der Waals surface area contributed by atoms with E-state index >= 15 is 0 Å². The molecule has 0 aliphatic carbocycles. The summed E-state index contributed by atoms with van der Waals surface area (Å²) in [6.07, 6.45) is 0.395. The van der Waals surface area contributed by atoms with Gasteiger partial charge in [-0.15, -0.1) is 0 Å². The fourth-order valence-electron chi connectivity index (χ4n) is 2.60. The molecule has 0 spiro atoms. The summed E-state index contributed by atoms with van der Waals surface area (Å²) in [7, 11) is 0. The first-order valence-corrected chi connectivity index (χ1v) is 6.76. The molecule has 1 amide bonds. The molecule has 0 saturated carbocycles. The zero-order chi connectivity index (χ0) is 14.2. The lowest BCUT2D eigenvalue weighted by Gasteiger charge is -2.44. The molecule has 102 valence electrons. The highest BCUT2D eigenvalue weighted by Crippen LogP contribution is 2.35. The summed E-state index contributed by atoms with van der Waals surface area (Å²) in [5, 5.41) is 0.652. The second kappa shape index (κ2) is 4.97. The maximum Gasteiger partial charge on any atom is 0.230 e. The van der Waals surface area contributed by atoms with E-state index in [0.29, 0.717) is 11.4 Å². The number of benzene rings is 1. The molecule has 1 aromatic rings. The number of nitrogens with zero attached hydrogens (tertiary/aromatic N) is 1. The van der Waals surface area contributed by atoms with Gasteiger partial charge < -0.3 is 4.90 Å². The Morgan fingerprint density at radius 3 is 2.26 bits per heavy atom. The van der Waals surface area contributed by atoms with Crippen LogP contribution in [0.3, 0.4) is 0 Å². The molecule has 19 heavy (non-hydrogen) atoms. The molecule has 0 N–H and O–H groups in total. The highest BCUT2D eigenvalue weighted by Gasteiger charge is 2.39. The highest BCUT2D eigenvalue weighted by molar-refractivity contribution is 6.30.